The lowest BCUT2D eigenvalue weighted by Crippen LogP contribution is -2.24. The van der Waals surface area contributed by atoms with E-state index in [9.17, 15) is 13.2 Å². The number of allylic oxidation sites excluding steroid dienone is 3. The summed E-state index contributed by atoms with van der Waals surface area (Å²) >= 11 is 0. The lowest BCUT2D eigenvalue weighted by molar-refractivity contribution is -0.138. The summed E-state index contributed by atoms with van der Waals surface area (Å²) in [5.41, 5.74) is 1.42. The zero-order valence-electron chi connectivity index (χ0n) is 16.9. The van der Waals surface area contributed by atoms with Gasteiger partial charge in [0.2, 0.25) is 5.82 Å². The first kappa shape index (κ1) is 22.0. The van der Waals surface area contributed by atoms with E-state index in [2.05, 4.69) is 23.3 Å². The van der Waals surface area contributed by atoms with Crippen molar-refractivity contribution >= 4 is 11.3 Å². The predicted molar refractivity (Wildman–Crippen MR) is 114 cm³/mol. The smallest absolute Gasteiger partial charge is 0.334 e. The third-order valence-corrected chi connectivity index (χ3v) is 4.50. The topological polar surface area (TPSA) is 68.2 Å². The van der Waals surface area contributed by atoms with Crippen LogP contribution in [0.4, 0.5) is 13.2 Å². The van der Waals surface area contributed by atoms with Crippen molar-refractivity contribution < 1.29 is 17.7 Å². The number of nitrogens with two attached hydrogens (primary N) is 1. The summed E-state index contributed by atoms with van der Waals surface area (Å²) in [6.45, 7) is 7.43. The standard InChI is InChI=1S/C23H21F3N4O/c1-4-8-16-11-12-18(14-19(16)23(24,25)26)21-28-22(31-29-21)15(2)13-20(30(3)27)17-9-6-5-7-10-17/h4-7,9-14H,1-2,8,27H2,3H3/b20-13-. The van der Waals surface area contributed by atoms with Gasteiger partial charge in [-0.05, 0) is 29.7 Å². The van der Waals surface area contributed by atoms with Gasteiger partial charge in [0.05, 0.1) is 11.3 Å². The summed E-state index contributed by atoms with van der Waals surface area (Å²) in [7, 11) is 1.68. The van der Waals surface area contributed by atoms with Crippen molar-refractivity contribution in [3.8, 4) is 11.4 Å². The second-order valence-electron chi connectivity index (χ2n) is 6.82. The van der Waals surface area contributed by atoms with E-state index in [-0.39, 0.29) is 29.3 Å². The summed E-state index contributed by atoms with van der Waals surface area (Å²) in [4.78, 5) is 4.22. The molecule has 3 rings (SSSR count). The van der Waals surface area contributed by atoms with Crippen LogP contribution in [0.3, 0.4) is 0 Å². The number of hydrogen-bond donors (Lipinski definition) is 1. The Morgan fingerprint density at radius 1 is 1.19 bits per heavy atom. The molecule has 0 bridgehead atoms. The molecule has 0 amide bonds. The van der Waals surface area contributed by atoms with E-state index >= 15 is 0 Å². The Kier molecular flexibility index (Phi) is 6.41. The van der Waals surface area contributed by atoms with Crippen molar-refractivity contribution in [1.82, 2.24) is 15.1 Å². The molecule has 0 aliphatic carbocycles. The first-order valence-electron chi connectivity index (χ1n) is 9.30. The van der Waals surface area contributed by atoms with Gasteiger partial charge in [-0.15, -0.1) is 6.58 Å². The normalized spacial score (nSPS) is 12.0. The van der Waals surface area contributed by atoms with Crippen LogP contribution in [0.1, 0.15) is 22.6 Å². The highest BCUT2D eigenvalue weighted by Crippen LogP contribution is 2.35. The molecule has 0 aliphatic rings. The highest BCUT2D eigenvalue weighted by Gasteiger charge is 2.33. The Morgan fingerprint density at radius 3 is 2.52 bits per heavy atom. The lowest BCUT2D eigenvalue weighted by atomic mass is 10.0. The van der Waals surface area contributed by atoms with Crippen LogP contribution in [0.5, 0.6) is 0 Å². The average Bonchev–Trinajstić information content (AvgIpc) is 3.22. The Bertz CT molecular complexity index is 1120. The summed E-state index contributed by atoms with van der Waals surface area (Å²) < 4.78 is 45.6. The van der Waals surface area contributed by atoms with E-state index < -0.39 is 11.7 Å². The fourth-order valence-electron chi connectivity index (χ4n) is 3.01. The van der Waals surface area contributed by atoms with Crippen molar-refractivity contribution in [3.63, 3.8) is 0 Å². The van der Waals surface area contributed by atoms with Gasteiger partial charge in [-0.3, -0.25) is 0 Å². The number of aromatic nitrogens is 2. The number of alkyl halides is 3. The third kappa shape index (κ3) is 5.10. The molecule has 0 radical (unpaired) electrons. The van der Waals surface area contributed by atoms with Gasteiger partial charge in [0.15, 0.2) is 0 Å². The molecule has 8 heteroatoms. The van der Waals surface area contributed by atoms with Gasteiger partial charge in [0, 0.05) is 18.2 Å². The number of halogens is 3. The molecule has 31 heavy (non-hydrogen) atoms. The Morgan fingerprint density at radius 2 is 1.90 bits per heavy atom. The molecular weight excluding hydrogens is 405 g/mol. The van der Waals surface area contributed by atoms with Crippen LogP contribution in [0.2, 0.25) is 0 Å². The summed E-state index contributed by atoms with van der Waals surface area (Å²) in [6.07, 6.45) is -1.32. The Labute approximate surface area is 178 Å². The van der Waals surface area contributed by atoms with E-state index in [1.54, 1.807) is 13.1 Å². The predicted octanol–water partition coefficient (Wildman–Crippen LogP) is 5.34. The minimum atomic E-state index is -4.51. The van der Waals surface area contributed by atoms with E-state index in [4.69, 9.17) is 10.4 Å². The molecule has 0 fully saturated rings. The van der Waals surface area contributed by atoms with E-state index in [0.717, 1.165) is 11.6 Å². The van der Waals surface area contributed by atoms with Gasteiger partial charge >= 0.3 is 6.18 Å². The maximum Gasteiger partial charge on any atom is 0.416 e. The maximum absolute atomic E-state index is 13.4. The number of nitrogens with zero attached hydrogens (tertiary/aromatic N) is 3. The monoisotopic (exact) mass is 426 g/mol. The molecule has 2 N–H and O–H groups in total. The minimum Gasteiger partial charge on any atom is -0.334 e. The number of benzene rings is 2. The molecule has 1 heterocycles. The second-order valence-corrected chi connectivity index (χ2v) is 6.82. The van der Waals surface area contributed by atoms with Crippen LogP contribution in [0, 0.1) is 0 Å². The largest absolute Gasteiger partial charge is 0.416 e. The van der Waals surface area contributed by atoms with Crippen molar-refractivity contribution in [2.45, 2.75) is 12.6 Å². The number of hydrazine groups is 1. The zero-order valence-corrected chi connectivity index (χ0v) is 16.9. The van der Waals surface area contributed by atoms with Crippen molar-refractivity contribution in [3.05, 3.63) is 96.4 Å². The highest BCUT2D eigenvalue weighted by molar-refractivity contribution is 5.79. The van der Waals surface area contributed by atoms with Gasteiger partial charge in [0.25, 0.3) is 5.89 Å². The van der Waals surface area contributed by atoms with Crippen LogP contribution >= 0.6 is 0 Å². The fraction of sp³-hybridized carbons (Fsp3) is 0.130. The third-order valence-electron chi connectivity index (χ3n) is 4.50. The molecule has 2 aromatic carbocycles. The molecule has 0 aliphatic heterocycles. The molecular formula is C23H21F3N4O. The average molecular weight is 426 g/mol. The van der Waals surface area contributed by atoms with Crippen molar-refractivity contribution in [2.75, 3.05) is 7.05 Å². The van der Waals surface area contributed by atoms with Gasteiger partial charge in [-0.2, -0.15) is 18.2 Å². The van der Waals surface area contributed by atoms with Gasteiger partial charge < -0.3 is 9.53 Å². The molecule has 0 spiro atoms. The van der Waals surface area contributed by atoms with Gasteiger partial charge in [0.1, 0.15) is 0 Å². The van der Waals surface area contributed by atoms with E-state index in [1.165, 1.54) is 23.2 Å². The van der Waals surface area contributed by atoms with E-state index in [0.29, 0.717) is 11.3 Å². The zero-order chi connectivity index (χ0) is 22.6. The first-order valence-corrected chi connectivity index (χ1v) is 9.30. The highest BCUT2D eigenvalue weighted by atomic mass is 19.4. The molecule has 160 valence electrons. The van der Waals surface area contributed by atoms with Crippen molar-refractivity contribution in [2.24, 2.45) is 5.84 Å². The van der Waals surface area contributed by atoms with Gasteiger partial charge in [-0.25, -0.2) is 5.84 Å². The van der Waals surface area contributed by atoms with Crippen LogP contribution in [-0.2, 0) is 12.6 Å². The second kappa shape index (κ2) is 9.01. The summed E-state index contributed by atoms with van der Waals surface area (Å²) in [5, 5.41) is 5.25. The Balaban J connectivity index is 1.94. The van der Waals surface area contributed by atoms with Crippen LogP contribution in [0.15, 0.2) is 78.4 Å². The number of hydrogen-bond acceptors (Lipinski definition) is 5. The maximum atomic E-state index is 13.4. The summed E-state index contributed by atoms with van der Waals surface area (Å²) in [6, 6.07) is 13.3. The van der Waals surface area contributed by atoms with Crippen LogP contribution in [-0.4, -0.2) is 22.2 Å². The molecule has 5 nitrogen and oxygen atoms in total. The molecule has 0 unspecified atom stereocenters. The summed E-state index contributed by atoms with van der Waals surface area (Å²) in [5.74, 6) is 6.04. The molecule has 0 atom stereocenters. The molecule has 3 aromatic rings. The minimum absolute atomic E-state index is 0.0302. The van der Waals surface area contributed by atoms with Crippen molar-refractivity contribution in [1.29, 1.82) is 0 Å². The lowest BCUT2D eigenvalue weighted by Gasteiger charge is -2.17. The SMILES string of the molecule is C=CCc1ccc(-c2noc(C(=C)/C=C(/c3ccccc3)N(C)N)n2)cc1C(F)(F)F. The molecule has 0 saturated heterocycles. The quantitative estimate of drug-likeness (QED) is 0.239. The first-order chi connectivity index (χ1) is 14.7. The molecule has 1 aromatic heterocycles. The fourth-order valence-corrected chi connectivity index (χ4v) is 3.01. The van der Waals surface area contributed by atoms with Crippen LogP contribution < -0.4 is 5.84 Å². The van der Waals surface area contributed by atoms with E-state index in [1.807, 2.05) is 30.3 Å². The Hall–Kier alpha value is -3.65. The number of rotatable bonds is 7. The van der Waals surface area contributed by atoms with Crippen LogP contribution in [0.25, 0.3) is 22.7 Å². The molecule has 0 saturated carbocycles. The van der Waals surface area contributed by atoms with Gasteiger partial charge in [-0.1, -0.05) is 60.3 Å².